The zero-order chi connectivity index (χ0) is 17.6. The third-order valence-corrected chi connectivity index (χ3v) is 4.85. The Kier molecular flexibility index (Phi) is 5.89. The summed E-state index contributed by atoms with van der Waals surface area (Å²) in [5.74, 6) is -0.206. The Morgan fingerprint density at radius 3 is 2.52 bits per heavy atom. The van der Waals surface area contributed by atoms with Gasteiger partial charge in [0.05, 0.1) is 55.5 Å². The molecular formula is C19H22ClFN3O+. The first-order chi connectivity index (χ1) is 12.1. The van der Waals surface area contributed by atoms with Gasteiger partial charge < -0.3 is 15.1 Å². The van der Waals surface area contributed by atoms with Crippen LogP contribution in [0.5, 0.6) is 0 Å². The largest absolute Gasteiger partial charge is 0.358 e. The van der Waals surface area contributed by atoms with E-state index in [1.807, 2.05) is 24.3 Å². The predicted octanol–water partition coefficient (Wildman–Crippen LogP) is 2.21. The fourth-order valence-corrected chi connectivity index (χ4v) is 3.27. The van der Waals surface area contributed by atoms with Gasteiger partial charge in [0.1, 0.15) is 5.82 Å². The molecular weight excluding hydrogens is 341 g/mol. The van der Waals surface area contributed by atoms with Crippen molar-refractivity contribution in [3.05, 3.63) is 59.4 Å². The first kappa shape index (κ1) is 17.7. The maximum Gasteiger partial charge on any atom is 0.230 e. The molecule has 132 valence electrons. The molecule has 1 aliphatic rings. The normalized spacial score (nSPS) is 15.2. The van der Waals surface area contributed by atoms with Crippen molar-refractivity contribution >= 4 is 28.9 Å². The van der Waals surface area contributed by atoms with Gasteiger partial charge in [-0.15, -0.1) is 0 Å². The molecule has 1 saturated heterocycles. The number of piperazine rings is 1. The summed E-state index contributed by atoms with van der Waals surface area (Å²) in [4.78, 5) is 15.5. The molecule has 6 heteroatoms. The number of halogens is 2. The summed E-state index contributed by atoms with van der Waals surface area (Å²) >= 11 is 6.05. The van der Waals surface area contributed by atoms with Crippen LogP contribution in [0.2, 0.25) is 5.02 Å². The van der Waals surface area contributed by atoms with Gasteiger partial charge in [-0.05, 0) is 24.3 Å². The number of nitrogens with zero attached hydrogens (tertiary/aromatic N) is 1. The third kappa shape index (κ3) is 4.71. The summed E-state index contributed by atoms with van der Waals surface area (Å²) in [6, 6.07) is 14.1. The highest BCUT2D eigenvalue weighted by Gasteiger charge is 2.22. The van der Waals surface area contributed by atoms with Crippen molar-refractivity contribution in [3.8, 4) is 0 Å². The van der Waals surface area contributed by atoms with Gasteiger partial charge in [0.25, 0.3) is 0 Å². The second-order valence-corrected chi connectivity index (χ2v) is 6.62. The molecule has 0 saturated carbocycles. The summed E-state index contributed by atoms with van der Waals surface area (Å²) in [7, 11) is 0. The van der Waals surface area contributed by atoms with Crippen LogP contribution in [0.1, 0.15) is 6.42 Å². The zero-order valence-electron chi connectivity index (χ0n) is 14.0. The number of para-hydroxylation sites is 2. The molecule has 0 unspecified atom stereocenters. The van der Waals surface area contributed by atoms with Gasteiger partial charge in [-0.1, -0.05) is 35.9 Å². The molecule has 4 nitrogen and oxygen atoms in total. The molecule has 1 fully saturated rings. The molecule has 1 heterocycles. The van der Waals surface area contributed by atoms with Gasteiger partial charge in [0.15, 0.2) is 0 Å². The minimum absolute atomic E-state index is 0.0304. The average molecular weight is 363 g/mol. The molecule has 2 aromatic rings. The number of hydrogen-bond acceptors (Lipinski definition) is 2. The van der Waals surface area contributed by atoms with E-state index in [9.17, 15) is 9.18 Å². The van der Waals surface area contributed by atoms with E-state index >= 15 is 0 Å². The van der Waals surface area contributed by atoms with E-state index < -0.39 is 0 Å². The Morgan fingerprint density at radius 1 is 1.12 bits per heavy atom. The number of quaternary nitrogens is 1. The maximum atomic E-state index is 13.9. The first-order valence-electron chi connectivity index (χ1n) is 8.51. The molecule has 0 aliphatic carbocycles. The molecule has 2 N–H and O–H groups in total. The van der Waals surface area contributed by atoms with E-state index in [0.717, 1.165) is 32.7 Å². The second kappa shape index (κ2) is 8.32. The van der Waals surface area contributed by atoms with Crippen molar-refractivity contribution in [2.45, 2.75) is 6.42 Å². The summed E-state index contributed by atoms with van der Waals surface area (Å²) in [6.45, 7) is 4.15. The van der Waals surface area contributed by atoms with E-state index in [1.54, 1.807) is 18.2 Å². The Hall–Kier alpha value is -2.11. The Bertz CT molecular complexity index is 732. The molecule has 0 aromatic heterocycles. The smallest absolute Gasteiger partial charge is 0.230 e. The van der Waals surface area contributed by atoms with Crippen molar-refractivity contribution in [2.24, 2.45) is 0 Å². The van der Waals surface area contributed by atoms with E-state index in [4.69, 9.17) is 11.6 Å². The van der Waals surface area contributed by atoms with Gasteiger partial charge in [-0.3, -0.25) is 4.79 Å². The van der Waals surface area contributed by atoms with Crippen molar-refractivity contribution in [1.29, 1.82) is 0 Å². The van der Waals surface area contributed by atoms with Crippen molar-refractivity contribution < 1.29 is 14.1 Å². The molecule has 3 rings (SSSR count). The highest BCUT2D eigenvalue weighted by atomic mass is 35.5. The number of rotatable bonds is 5. The SMILES string of the molecule is O=C(CC[NH+]1CCN(c2ccccc2F)CC1)Nc1ccccc1Cl. The molecule has 1 amide bonds. The topological polar surface area (TPSA) is 36.8 Å². The molecule has 0 bridgehead atoms. The Labute approximate surface area is 152 Å². The fourth-order valence-electron chi connectivity index (χ4n) is 3.09. The van der Waals surface area contributed by atoms with Crippen LogP contribution in [0.15, 0.2) is 48.5 Å². The number of nitrogens with one attached hydrogen (secondary N) is 2. The standard InChI is InChI=1S/C19H21ClFN3O/c20-15-5-1-3-7-17(15)22-19(25)9-10-23-11-13-24(14-12-23)18-8-4-2-6-16(18)21/h1-8H,9-14H2,(H,22,25)/p+1. The number of benzene rings is 2. The molecule has 0 radical (unpaired) electrons. The predicted molar refractivity (Wildman–Crippen MR) is 98.9 cm³/mol. The van der Waals surface area contributed by atoms with Gasteiger partial charge in [0.2, 0.25) is 5.91 Å². The number of anilines is 2. The van der Waals surface area contributed by atoms with Crippen LogP contribution >= 0.6 is 11.6 Å². The summed E-state index contributed by atoms with van der Waals surface area (Å²) < 4.78 is 13.9. The third-order valence-electron chi connectivity index (χ3n) is 4.52. The van der Waals surface area contributed by atoms with Crippen molar-refractivity contribution in [1.82, 2.24) is 0 Å². The monoisotopic (exact) mass is 362 g/mol. The summed E-state index contributed by atoms with van der Waals surface area (Å²) in [5, 5.41) is 3.39. The quantitative estimate of drug-likeness (QED) is 0.855. The Balaban J connectivity index is 1.44. The molecule has 2 aromatic carbocycles. The minimum Gasteiger partial charge on any atom is -0.358 e. The Morgan fingerprint density at radius 2 is 1.80 bits per heavy atom. The van der Waals surface area contributed by atoms with E-state index in [-0.39, 0.29) is 11.7 Å². The lowest BCUT2D eigenvalue weighted by Gasteiger charge is -2.33. The van der Waals surface area contributed by atoms with Gasteiger partial charge in [0, 0.05) is 0 Å². The maximum absolute atomic E-state index is 13.9. The lowest BCUT2D eigenvalue weighted by molar-refractivity contribution is -0.900. The first-order valence-corrected chi connectivity index (χ1v) is 8.89. The lowest BCUT2D eigenvalue weighted by Crippen LogP contribution is -3.15. The number of carbonyl (C=O) groups excluding carboxylic acids is 1. The minimum atomic E-state index is -0.176. The van der Waals surface area contributed by atoms with Crippen molar-refractivity contribution in [2.75, 3.05) is 42.9 Å². The van der Waals surface area contributed by atoms with Crippen LogP contribution < -0.4 is 15.1 Å². The van der Waals surface area contributed by atoms with E-state index in [0.29, 0.717) is 22.8 Å². The van der Waals surface area contributed by atoms with Crippen LogP contribution in [-0.2, 0) is 4.79 Å². The summed E-state index contributed by atoms with van der Waals surface area (Å²) in [5.41, 5.74) is 1.31. The fraction of sp³-hybridized carbons (Fsp3) is 0.316. The second-order valence-electron chi connectivity index (χ2n) is 6.22. The molecule has 25 heavy (non-hydrogen) atoms. The zero-order valence-corrected chi connectivity index (χ0v) is 14.7. The lowest BCUT2D eigenvalue weighted by atomic mass is 10.2. The highest BCUT2D eigenvalue weighted by molar-refractivity contribution is 6.33. The van der Waals surface area contributed by atoms with Crippen LogP contribution in [0, 0.1) is 5.82 Å². The molecule has 0 spiro atoms. The van der Waals surface area contributed by atoms with Gasteiger partial charge in [-0.2, -0.15) is 0 Å². The van der Waals surface area contributed by atoms with Gasteiger partial charge in [-0.25, -0.2) is 4.39 Å². The molecule has 0 atom stereocenters. The van der Waals surface area contributed by atoms with Crippen LogP contribution in [0.25, 0.3) is 0 Å². The van der Waals surface area contributed by atoms with Gasteiger partial charge >= 0.3 is 0 Å². The van der Waals surface area contributed by atoms with Crippen molar-refractivity contribution in [3.63, 3.8) is 0 Å². The molecule has 1 aliphatic heterocycles. The summed E-state index contributed by atoms with van der Waals surface area (Å²) in [6.07, 6.45) is 0.445. The number of carbonyl (C=O) groups is 1. The van der Waals surface area contributed by atoms with Crippen LogP contribution in [-0.4, -0.2) is 38.6 Å². The van der Waals surface area contributed by atoms with Crippen LogP contribution in [0.4, 0.5) is 15.8 Å². The number of hydrogen-bond donors (Lipinski definition) is 2. The average Bonchev–Trinajstić information content (AvgIpc) is 2.63. The van der Waals surface area contributed by atoms with Crippen LogP contribution in [0.3, 0.4) is 0 Å². The highest BCUT2D eigenvalue weighted by Crippen LogP contribution is 2.20. The van der Waals surface area contributed by atoms with E-state index in [1.165, 1.54) is 11.0 Å². The number of amides is 1. The van der Waals surface area contributed by atoms with E-state index in [2.05, 4.69) is 10.2 Å².